The molecule has 0 radical (unpaired) electrons. The highest BCUT2D eigenvalue weighted by Gasteiger charge is 1.96. The van der Waals surface area contributed by atoms with Crippen LogP contribution in [0.3, 0.4) is 0 Å². The molecule has 16 heavy (non-hydrogen) atoms. The minimum Gasteiger partial charge on any atom is -0.356 e. The fourth-order valence-electron chi connectivity index (χ4n) is 1.25. The maximum absolute atomic E-state index is 11.0. The van der Waals surface area contributed by atoms with Crippen molar-refractivity contribution in [2.24, 2.45) is 0 Å². The lowest BCUT2D eigenvalue weighted by molar-refractivity contribution is -0.120. The van der Waals surface area contributed by atoms with Crippen LogP contribution >= 0.6 is 11.8 Å². The maximum Gasteiger partial charge on any atom is 0.219 e. The molecule has 0 atom stereocenters. The van der Waals surface area contributed by atoms with Gasteiger partial charge in [-0.1, -0.05) is 24.6 Å². The van der Waals surface area contributed by atoms with E-state index in [2.05, 4.69) is 36.5 Å². The van der Waals surface area contributed by atoms with E-state index >= 15 is 0 Å². The van der Waals surface area contributed by atoms with Gasteiger partial charge in [0.1, 0.15) is 0 Å². The second-order valence-electron chi connectivity index (χ2n) is 3.72. The van der Waals surface area contributed by atoms with Gasteiger partial charge >= 0.3 is 0 Å². The zero-order chi connectivity index (χ0) is 11.8. The fraction of sp³-hybridized carbons (Fsp3) is 0.462. The second-order valence-corrected chi connectivity index (χ2v) is 4.89. The van der Waals surface area contributed by atoms with E-state index < -0.39 is 0 Å². The number of hydrogen-bond donors (Lipinski definition) is 1. The Morgan fingerprint density at radius 3 is 2.62 bits per heavy atom. The van der Waals surface area contributed by atoms with Gasteiger partial charge in [-0.25, -0.2) is 0 Å². The quantitative estimate of drug-likeness (QED) is 0.608. The molecule has 0 saturated carbocycles. The lowest BCUT2D eigenvalue weighted by Crippen LogP contribution is -2.23. The zero-order valence-electron chi connectivity index (χ0n) is 9.95. The predicted octanol–water partition coefficient (Wildman–Crippen LogP) is 3.00. The number of nitrogens with one attached hydrogen (secondary N) is 1. The molecule has 0 heterocycles. The number of aryl methyl sites for hydroxylation is 1. The van der Waals surface area contributed by atoms with E-state index in [9.17, 15) is 4.79 Å². The molecule has 0 unspecified atom stereocenters. The van der Waals surface area contributed by atoms with Gasteiger partial charge in [0.2, 0.25) is 5.91 Å². The van der Waals surface area contributed by atoms with Gasteiger partial charge in [0, 0.05) is 17.9 Å². The van der Waals surface area contributed by atoms with Crippen LogP contribution in [0.25, 0.3) is 0 Å². The van der Waals surface area contributed by atoms with Gasteiger partial charge in [0.15, 0.2) is 0 Å². The first kappa shape index (κ1) is 13.1. The molecular formula is C13H19NOS. The van der Waals surface area contributed by atoms with E-state index in [0.717, 1.165) is 18.7 Å². The van der Waals surface area contributed by atoms with Crippen molar-refractivity contribution >= 4 is 17.7 Å². The van der Waals surface area contributed by atoms with E-state index in [-0.39, 0.29) is 5.91 Å². The molecule has 0 aliphatic heterocycles. The van der Waals surface area contributed by atoms with Crippen molar-refractivity contribution in [2.75, 3.05) is 12.3 Å². The van der Waals surface area contributed by atoms with Crippen LogP contribution < -0.4 is 5.32 Å². The molecule has 1 aromatic carbocycles. The molecule has 3 heteroatoms. The van der Waals surface area contributed by atoms with Gasteiger partial charge in [0.25, 0.3) is 0 Å². The Morgan fingerprint density at radius 2 is 2.00 bits per heavy atom. The molecule has 0 saturated heterocycles. The van der Waals surface area contributed by atoms with Crippen LogP contribution in [0.4, 0.5) is 0 Å². The second kappa shape index (κ2) is 7.34. The lowest BCUT2D eigenvalue weighted by Gasteiger charge is -2.04. The van der Waals surface area contributed by atoms with Gasteiger partial charge in [0.05, 0.1) is 0 Å². The van der Waals surface area contributed by atoms with Crippen LogP contribution in [0.5, 0.6) is 0 Å². The van der Waals surface area contributed by atoms with Crippen molar-refractivity contribution in [3.8, 4) is 0 Å². The molecular weight excluding hydrogens is 218 g/mol. The SMILES string of the molecule is CCC(=O)NCCCSc1ccc(C)cc1. The molecule has 1 amide bonds. The van der Waals surface area contributed by atoms with E-state index in [1.54, 1.807) is 0 Å². The van der Waals surface area contributed by atoms with Crippen molar-refractivity contribution < 1.29 is 4.79 Å². The number of hydrogen-bond acceptors (Lipinski definition) is 2. The third-order valence-corrected chi connectivity index (χ3v) is 3.35. The van der Waals surface area contributed by atoms with Crippen molar-refractivity contribution in [3.05, 3.63) is 29.8 Å². The molecule has 0 aromatic heterocycles. The summed E-state index contributed by atoms with van der Waals surface area (Å²) in [4.78, 5) is 12.3. The number of carbonyl (C=O) groups is 1. The average molecular weight is 237 g/mol. The molecule has 2 nitrogen and oxygen atoms in total. The highest BCUT2D eigenvalue weighted by molar-refractivity contribution is 7.99. The van der Waals surface area contributed by atoms with Gasteiger partial charge in [-0.2, -0.15) is 0 Å². The number of benzene rings is 1. The highest BCUT2D eigenvalue weighted by atomic mass is 32.2. The summed E-state index contributed by atoms with van der Waals surface area (Å²) in [6.45, 7) is 4.75. The molecule has 0 fully saturated rings. The Hall–Kier alpha value is -0.960. The Balaban J connectivity index is 2.11. The molecule has 0 aliphatic carbocycles. The first-order chi connectivity index (χ1) is 7.72. The van der Waals surface area contributed by atoms with Crippen LogP contribution in [-0.4, -0.2) is 18.2 Å². The average Bonchev–Trinajstić information content (AvgIpc) is 2.31. The van der Waals surface area contributed by atoms with Crippen LogP contribution in [0.2, 0.25) is 0 Å². The van der Waals surface area contributed by atoms with Crippen LogP contribution in [-0.2, 0) is 4.79 Å². The standard InChI is InChI=1S/C13H19NOS/c1-3-13(15)14-9-4-10-16-12-7-5-11(2)6-8-12/h5-8H,3-4,9-10H2,1-2H3,(H,14,15). The number of amides is 1. The largest absolute Gasteiger partial charge is 0.356 e. The van der Waals surface area contributed by atoms with Gasteiger partial charge in [-0.15, -0.1) is 11.8 Å². The molecule has 0 aliphatic rings. The summed E-state index contributed by atoms with van der Waals surface area (Å²) in [7, 11) is 0. The molecule has 88 valence electrons. The Bertz CT molecular complexity index is 321. The number of thioether (sulfide) groups is 1. The first-order valence-electron chi connectivity index (χ1n) is 5.68. The van der Waals surface area contributed by atoms with Crippen LogP contribution in [0.15, 0.2) is 29.2 Å². The Labute approximate surface area is 102 Å². The maximum atomic E-state index is 11.0. The lowest BCUT2D eigenvalue weighted by atomic mass is 10.2. The summed E-state index contributed by atoms with van der Waals surface area (Å²) in [5, 5.41) is 2.88. The Kier molecular flexibility index (Phi) is 6.01. The summed E-state index contributed by atoms with van der Waals surface area (Å²) < 4.78 is 0. The van der Waals surface area contributed by atoms with Crippen molar-refractivity contribution in [3.63, 3.8) is 0 Å². The minimum atomic E-state index is 0.139. The number of rotatable bonds is 6. The third kappa shape index (κ3) is 5.21. The topological polar surface area (TPSA) is 29.1 Å². The summed E-state index contributed by atoms with van der Waals surface area (Å²) >= 11 is 1.84. The summed E-state index contributed by atoms with van der Waals surface area (Å²) in [6.07, 6.45) is 1.59. The molecule has 1 N–H and O–H groups in total. The van der Waals surface area contributed by atoms with Crippen molar-refractivity contribution in [2.45, 2.75) is 31.6 Å². The van der Waals surface area contributed by atoms with Gasteiger partial charge in [-0.05, 0) is 31.2 Å². The molecule has 1 rings (SSSR count). The van der Waals surface area contributed by atoms with E-state index in [0.29, 0.717) is 6.42 Å². The van der Waals surface area contributed by atoms with E-state index in [1.165, 1.54) is 10.5 Å². The smallest absolute Gasteiger partial charge is 0.219 e. The summed E-state index contributed by atoms with van der Waals surface area (Å²) in [5.41, 5.74) is 1.29. The van der Waals surface area contributed by atoms with E-state index in [1.807, 2.05) is 18.7 Å². The van der Waals surface area contributed by atoms with Gasteiger partial charge in [-0.3, -0.25) is 4.79 Å². The normalized spacial score (nSPS) is 10.1. The predicted molar refractivity (Wildman–Crippen MR) is 69.8 cm³/mol. The minimum absolute atomic E-state index is 0.139. The monoisotopic (exact) mass is 237 g/mol. The molecule has 1 aromatic rings. The third-order valence-electron chi connectivity index (χ3n) is 2.25. The first-order valence-corrected chi connectivity index (χ1v) is 6.67. The molecule has 0 spiro atoms. The van der Waals surface area contributed by atoms with E-state index in [4.69, 9.17) is 0 Å². The van der Waals surface area contributed by atoms with Gasteiger partial charge < -0.3 is 5.32 Å². The van der Waals surface area contributed by atoms with Crippen molar-refractivity contribution in [1.29, 1.82) is 0 Å². The fourth-order valence-corrected chi connectivity index (χ4v) is 2.10. The highest BCUT2D eigenvalue weighted by Crippen LogP contribution is 2.18. The summed E-state index contributed by atoms with van der Waals surface area (Å²) in [5.74, 6) is 1.19. The van der Waals surface area contributed by atoms with Crippen molar-refractivity contribution in [1.82, 2.24) is 5.32 Å². The van der Waals surface area contributed by atoms with Crippen LogP contribution in [0.1, 0.15) is 25.3 Å². The zero-order valence-corrected chi connectivity index (χ0v) is 10.8. The Morgan fingerprint density at radius 1 is 1.31 bits per heavy atom. The van der Waals surface area contributed by atoms with Crippen LogP contribution in [0, 0.1) is 6.92 Å². The summed E-state index contributed by atoms with van der Waals surface area (Å²) in [6, 6.07) is 8.54. The molecule has 0 bridgehead atoms. The number of carbonyl (C=O) groups excluding carboxylic acids is 1.